The van der Waals surface area contributed by atoms with Gasteiger partial charge < -0.3 is 76.7 Å². The molecule has 0 radical (unpaired) electrons. The first-order chi connectivity index (χ1) is 39.0. The number of methoxy groups -OCH3 is 1. The van der Waals surface area contributed by atoms with Gasteiger partial charge in [0.2, 0.25) is 6.29 Å². The lowest BCUT2D eigenvalue weighted by Gasteiger charge is -2.39. The van der Waals surface area contributed by atoms with Crippen molar-refractivity contribution in [2.24, 2.45) is 0 Å². The zero-order valence-corrected chi connectivity index (χ0v) is 45.1. The largest absolute Gasteiger partial charge is 0.501 e. The molecule has 1 unspecified atom stereocenters. The molecule has 4 amide bonds. The molecule has 6 atom stereocenters. The molecule has 1 saturated heterocycles. The first-order valence-corrected chi connectivity index (χ1v) is 27.4. The number of nitrogens with zero attached hydrogens (tertiary/aromatic N) is 6. The van der Waals surface area contributed by atoms with Crippen LogP contribution in [0.2, 0.25) is 0 Å². The summed E-state index contributed by atoms with van der Waals surface area (Å²) in [5.41, 5.74) is 2.24. The maximum atomic E-state index is 14.6. The van der Waals surface area contributed by atoms with Crippen LogP contribution in [-0.4, -0.2) is 199 Å². The Morgan fingerprint density at radius 2 is 1.62 bits per heavy atom. The molecule has 26 nitrogen and oxygen atoms in total. The van der Waals surface area contributed by atoms with E-state index in [2.05, 4.69) is 15.3 Å². The predicted octanol–water partition coefficient (Wildman–Crippen LogP) is 1.83. The number of aromatic nitrogens is 4. The topological polar surface area (TPSA) is 323 Å². The first kappa shape index (κ1) is 56.7. The standard InChI is InChI=1S/C53H56ClN7O19S/c1-58(12-16-74-17-13-59-27-31(56-57-59)11-15-73-18-14-60-44(63)9-10-45(60)64)51(68)29-3-7-39(77-53-49(67)48(66)47(65)43(28-62)78-53)42(21-29)80-81(70,71)79-41-24-38-46(34-22-32(72-2)4-5-33(34)41)30(25-54)26-61(38)52(69)37-23-35-36(55-37)6-8-40-50(35)76-20-19-75-40/h3-10,21-24,27,30,43,47-49,53,55,62,65-67H,11-20,25-26,28H2,1-2H3/t30-,43-,47+,48+,49?,53-/m1/s1. The number of nitrogens with one attached hydrogen (secondary N) is 1. The van der Waals surface area contributed by atoms with Crippen LogP contribution in [0.15, 0.2) is 79.0 Å². The highest BCUT2D eigenvalue weighted by molar-refractivity contribution is 7.82. The van der Waals surface area contributed by atoms with Crippen LogP contribution in [-0.2, 0) is 47.2 Å². The molecule has 28 heteroatoms. The number of aromatic amines is 1. The minimum atomic E-state index is -5.27. The lowest BCUT2D eigenvalue weighted by Crippen LogP contribution is -2.60. The van der Waals surface area contributed by atoms with E-state index in [0.717, 1.165) is 17.0 Å². The summed E-state index contributed by atoms with van der Waals surface area (Å²) in [5.74, 6) is -2.16. The highest BCUT2D eigenvalue weighted by Crippen LogP contribution is 2.48. The average Bonchev–Trinajstić information content (AvgIpc) is 3.91. The van der Waals surface area contributed by atoms with Gasteiger partial charge in [0.05, 0.1) is 70.1 Å². The summed E-state index contributed by atoms with van der Waals surface area (Å²) in [6.45, 7) is 1.25. The quantitative estimate of drug-likeness (QED) is 0.0347. The Morgan fingerprint density at radius 1 is 0.852 bits per heavy atom. The molecule has 81 heavy (non-hydrogen) atoms. The number of fused-ring (bicyclic) bond motifs is 6. The number of benzene rings is 4. The van der Waals surface area contributed by atoms with Crippen molar-refractivity contribution in [3.8, 4) is 34.5 Å². The van der Waals surface area contributed by atoms with Gasteiger partial charge in [0.25, 0.3) is 23.6 Å². The SMILES string of the molecule is COc1ccc2c(OS(=O)(=O)Oc3cc(C(=O)N(C)CCOCCn4cc(CCOCCN5C(=O)C=CC5=O)nn4)ccc3O[C@@H]3O[C@H](CO)[C@H](O)[C@H](O)C3O)cc3c(c2c1)[C@H](CCl)CN3C(=O)c1cc2c3c(ccc2[nH]1)OCCO3. The molecule has 0 saturated carbocycles. The number of aliphatic hydroxyl groups is 4. The van der Waals surface area contributed by atoms with Crippen molar-refractivity contribution in [3.05, 3.63) is 102 Å². The van der Waals surface area contributed by atoms with Crippen LogP contribution in [0.3, 0.4) is 0 Å². The number of amides is 4. The number of hydrogen-bond donors (Lipinski definition) is 5. The second-order valence-corrected chi connectivity index (χ2v) is 20.6. The fourth-order valence-electron chi connectivity index (χ4n) is 9.69. The molecule has 0 spiro atoms. The number of rotatable bonds is 23. The zero-order valence-electron chi connectivity index (χ0n) is 43.5. The van der Waals surface area contributed by atoms with Gasteiger partial charge in [0.15, 0.2) is 28.7 Å². The number of anilines is 1. The molecule has 4 aromatic carbocycles. The van der Waals surface area contributed by atoms with Gasteiger partial charge in [0.1, 0.15) is 49.1 Å². The van der Waals surface area contributed by atoms with E-state index < -0.39 is 76.9 Å². The molecular formula is C53H56ClN7O19S. The Morgan fingerprint density at radius 3 is 2.40 bits per heavy atom. The molecule has 6 heterocycles. The molecule has 0 bridgehead atoms. The van der Waals surface area contributed by atoms with E-state index in [1.807, 2.05) is 0 Å². The summed E-state index contributed by atoms with van der Waals surface area (Å²) >= 11 is 6.60. The minimum absolute atomic E-state index is 0.0656. The molecule has 6 aromatic rings. The summed E-state index contributed by atoms with van der Waals surface area (Å²) in [7, 11) is -2.33. The molecule has 10 rings (SSSR count). The Balaban J connectivity index is 0.852. The summed E-state index contributed by atoms with van der Waals surface area (Å²) in [6.07, 6.45) is -4.17. The smallest absolute Gasteiger partial charge is 0.497 e. The lowest BCUT2D eigenvalue weighted by molar-refractivity contribution is -0.277. The van der Waals surface area contributed by atoms with E-state index >= 15 is 0 Å². The van der Waals surface area contributed by atoms with Gasteiger partial charge in [-0.1, -0.05) is 5.21 Å². The van der Waals surface area contributed by atoms with Gasteiger partial charge in [-0.2, -0.15) is 0 Å². The summed E-state index contributed by atoms with van der Waals surface area (Å²) in [5, 5.41) is 51.3. The van der Waals surface area contributed by atoms with Gasteiger partial charge in [-0.05, 0) is 65.5 Å². The van der Waals surface area contributed by atoms with Gasteiger partial charge >= 0.3 is 10.4 Å². The van der Waals surface area contributed by atoms with Crippen LogP contribution >= 0.6 is 11.6 Å². The molecule has 4 aliphatic rings. The summed E-state index contributed by atoms with van der Waals surface area (Å²) < 4.78 is 81.7. The zero-order chi connectivity index (χ0) is 57.1. The van der Waals surface area contributed by atoms with E-state index in [1.54, 1.807) is 47.3 Å². The van der Waals surface area contributed by atoms with E-state index in [4.69, 9.17) is 53.1 Å². The Labute approximate surface area is 467 Å². The Kier molecular flexibility index (Phi) is 17.0. The van der Waals surface area contributed by atoms with E-state index in [0.29, 0.717) is 71.0 Å². The third kappa shape index (κ3) is 12.1. The summed E-state index contributed by atoms with van der Waals surface area (Å²) in [4.78, 5) is 59.0. The number of imide groups is 1. The third-order valence-corrected chi connectivity index (χ3v) is 15.0. The number of ether oxygens (including phenoxy) is 7. The first-order valence-electron chi connectivity index (χ1n) is 25.6. The van der Waals surface area contributed by atoms with Crippen LogP contribution < -0.4 is 32.2 Å². The predicted molar refractivity (Wildman–Crippen MR) is 284 cm³/mol. The number of aliphatic hydroxyl groups excluding tert-OH is 4. The number of alkyl halides is 1. The lowest BCUT2D eigenvalue weighted by atomic mass is 9.95. The van der Waals surface area contributed by atoms with Crippen molar-refractivity contribution in [2.75, 3.05) is 90.8 Å². The van der Waals surface area contributed by atoms with E-state index in [9.17, 15) is 48.0 Å². The Hall–Kier alpha value is -7.60. The molecule has 4 aliphatic heterocycles. The fraction of sp³-hybridized carbons (Fsp3) is 0.396. The van der Waals surface area contributed by atoms with E-state index in [-0.39, 0.29) is 91.8 Å². The number of carbonyl (C=O) groups excluding carboxylic acids is 4. The van der Waals surface area contributed by atoms with Gasteiger partial charge in [-0.3, -0.25) is 24.1 Å². The van der Waals surface area contributed by atoms with Crippen molar-refractivity contribution in [1.29, 1.82) is 0 Å². The fourth-order valence-corrected chi connectivity index (χ4v) is 10.7. The van der Waals surface area contributed by atoms with Gasteiger partial charge in [-0.15, -0.1) is 25.1 Å². The highest BCUT2D eigenvalue weighted by Gasteiger charge is 2.45. The van der Waals surface area contributed by atoms with E-state index in [1.165, 1.54) is 48.2 Å². The third-order valence-electron chi connectivity index (χ3n) is 13.9. The number of halogens is 1. The number of hydrogen-bond acceptors (Lipinski definition) is 21. The molecule has 1 fully saturated rings. The van der Waals surface area contributed by atoms with Crippen molar-refractivity contribution in [3.63, 3.8) is 0 Å². The Bertz CT molecular complexity index is 3480. The van der Waals surface area contributed by atoms with Gasteiger partial charge in [0, 0.05) is 79.1 Å². The monoisotopic (exact) mass is 1160 g/mol. The maximum Gasteiger partial charge on any atom is 0.501 e. The van der Waals surface area contributed by atoms with Crippen molar-refractivity contribution in [1.82, 2.24) is 29.8 Å². The normalized spacial score (nSPS) is 20.5. The van der Waals surface area contributed by atoms with Crippen LogP contribution in [0, 0.1) is 0 Å². The van der Waals surface area contributed by atoms with Crippen molar-refractivity contribution in [2.45, 2.75) is 49.6 Å². The van der Waals surface area contributed by atoms with Crippen LogP contribution in [0.25, 0.3) is 21.7 Å². The number of carbonyl (C=O) groups is 4. The second kappa shape index (κ2) is 24.2. The molecule has 430 valence electrons. The molecular weight excluding hydrogens is 1110 g/mol. The molecule has 0 aliphatic carbocycles. The summed E-state index contributed by atoms with van der Waals surface area (Å²) in [6, 6.07) is 14.9. The number of H-pyrrole nitrogens is 1. The highest BCUT2D eigenvalue weighted by atomic mass is 35.5. The van der Waals surface area contributed by atoms with Crippen LogP contribution in [0.4, 0.5) is 5.69 Å². The minimum Gasteiger partial charge on any atom is -0.497 e. The average molecular weight is 1160 g/mol. The maximum absolute atomic E-state index is 14.6. The van der Waals surface area contributed by atoms with Crippen molar-refractivity contribution >= 4 is 73.0 Å². The van der Waals surface area contributed by atoms with Crippen molar-refractivity contribution < 1.29 is 89.5 Å². The molecule has 2 aromatic heterocycles. The van der Waals surface area contributed by atoms with Crippen LogP contribution in [0.5, 0.6) is 34.5 Å². The number of likely N-dealkylation sites (N-methyl/N-ethyl adjacent to an activating group) is 1. The van der Waals surface area contributed by atoms with Crippen LogP contribution in [0.1, 0.15) is 38.0 Å². The second-order valence-electron chi connectivity index (χ2n) is 19.1. The van der Waals surface area contributed by atoms with Gasteiger partial charge in [-0.25, -0.2) is 4.68 Å². The molecule has 5 N–H and O–H groups in total.